The molecule has 1 aromatic carbocycles. The van der Waals surface area contributed by atoms with Gasteiger partial charge in [0.15, 0.2) is 0 Å². The lowest BCUT2D eigenvalue weighted by Crippen LogP contribution is -2.37. The highest BCUT2D eigenvalue weighted by molar-refractivity contribution is 6.23. The number of hydrogen-bond acceptors (Lipinski definition) is 3. The number of aliphatic imine (C=N–C) groups is 1. The molecule has 0 spiro atoms. The Kier molecular flexibility index (Phi) is 5.78. The molecule has 0 heterocycles. The quantitative estimate of drug-likeness (QED) is 0.469. The van der Waals surface area contributed by atoms with Crippen molar-refractivity contribution in [1.82, 2.24) is 0 Å². The molecular formula is C14H12F5NO2. The number of carbonyl (C=O) groups is 1. The minimum atomic E-state index is -5.83. The van der Waals surface area contributed by atoms with E-state index in [1.807, 2.05) is 0 Å². The second-order valence-electron chi connectivity index (χ2n) is 4.02. The Hall–Kier alpha value is -2.25. The molecule has 0 amide bonds. The number of hydrogen-bond donors (Lipinski definition) is 0. The van der Waals surface area contributed by atoms with Gasteiger partial charge in [-0.25, -0.2) is 9.79 Å². The van der Waals surface area contributed by atoms with Crippen LogP contribution < -0.4 is 0 Å². The Balaban J connectivity index is 3.22. The SMILES string of the molecule is CCOC(=O)C=N/C(=C/c1ccccc1)C(F)(F)C(F)(F)F. The largest absolute Gasteiger partial charge is 0.462 e. The van der Waals surface area contributed by atoms with Crippen LogP contribution in [0.1, 0.15) is 12.5 Å². The third kappa shape index (κ3) is 4.64. The minimum absolute atomic E-state index is 0.0573. The summed E-state index contributed by atoms with van der Waals surface area (Å²) in [4.78, 5) is 14.0. The molecule has 0 fully saturated rings. The van der Waals surface area contributed by atoms with Gasteiger partial charge in [0.1, 0.15) is 11.9 Å². The molecule has 0 aliphatic rings. The normalized spacial score (nSPS) is 13.5. The van der Waals surface area contributed by atoms with Gasteiger partial charge in [0.25, 0.3) is 0 Å². The van der Waals surface area contributed by atoms with Gasteiger partial charge in [-0.2, -0.15) is 22.0 Å². The van der Waals surface area contributed by atoms with E-state index in [4.69, 9.17) is 0 Å². The predicted molar refractivity (Wildman–Crippen MR) is 70.5 cm³/mol. The van der Waals surface area contributed by atoms with Gasteiger partial charge >= 0.3 is 18.1 Å². The van der Waals surface area contributed by atoms with Crippen molar-refractivity contribution in [1.29, 1.82) is 0 Å². The maximum atomic E-state index is 13.5. The molecule has 22 heavy (non-hydrogen) atoms. The summed E-state index contributed by atoms with van der Waals surface area (Å²) in [7, 11) is 0. The van der Waals surface area contributed by atoms with E-state index in [1.54, 1.807) is 6.07 Å². The monoisotopic (exact) mass is 321 g/mol. The van der Waals surface area contributed by atoms with Crippen molar-refractivity contribution in [2.45, 2.75) is 19.0 Å². The van der Waals surface area contributed by atoms with E-state index >= 15 is 0 Å². The predicted octanol–water partition coefficient (Wildman–Crippen LogP) is 3.86. The van der Waals surface area contributed by atoms with E-state index < -0.39 is 23.8 Å². The lowest BCUT2D eigenvalue weighted by Gasteiger charge is -2.19. The first kappa shape index (κ1) is 17.8. The Morgan fingerprint density at radius 2 is 1.77 bits per heavy atom. The van der Waals surface area contributed by atoms with Gasteiger partial charge in [0.2, 0.25) is 0 Å². The van der Waals surface area contributed by atoms with Gasteiger partial charge < -0.3 is 4.74 Å². The number of esters is 1. The summed E-state index contributed by atoms with van der Waals surface area (Å²) in [6.07, 6.45) is -4.99. The summed E-state index contributed by atoms with van der Waals surface area (Å²) in [5.74, 6) is -6.31. The number of carbonyl (C=O) groups excluding carboxylic acids is 1. The average molecular weight is 321 g/mol. The van der Waals surface area contributed by atoms with Crippen molar-refractivity contribution < 1.29 is 31.5 Å². The van der Waals surface area contributed by atoms with Crippen molar-refractivity contribution in [2.75, 3.05) is 6.61 Å². The second kappa shape index (κ2) is 7.15. The lowest BCUT2D eigenvalue weighted by molar-refractivity contribution is -0.264. The zero-order valence-corrected chi connectivity index (χ0v) is 11.4. The van der Waals surface area contributed by atoms with E-state index in [9.17, 15) is 26.7 Å². The number of benzene rings is 1. The second-order valence-corrected chi connectivity index (χ2v) is 4.02. The topological polar surface area (TPSA) is 38.7 Å². The number of allylic oxidation sites excluding steroid dienone is 1. The summed E-state index contributed by atoms with van der Waals surface area (Å²) in [5.41, 5.74) is -1.51. The standard InChI is InChI=1S/C14H12F5NO2/c1-2-22-12(21)9-20-11(13(15,16)14(17,18)19)8-10-6-4-3-5-7-10/h3-9H,2H2,1H3/b11-8+,20-9?. The van der Waals surface area contributed by atoms with Gasteiger partial charge in [-0.05, 0) is 18.6 Å². The van der Waals surface area contributed by atoms with Gasteiger partial charge in [-0.1, -0.05) is 30.3 Å². The molecule has 0 N–H and O–H groups in total. The fourth-order valence-corrected chi connectivity index (χ4v) is 1.36. The first-order valence-electron chi connectivity index (χ1n) is 6.11. The van der Waals surface area contributed by atoms with Crippen LogP contribution in [0, 0.1) is 0 Å². The molecular weight excluding hydrogens is 309 g/mol. The van der Waals surface area contributed by atoms with Gasteiger partial charge in [0.05, 0.1) is 6.61 Å². The number of alkyl halides is 5. The van der Waals surface area contributed by atoms with E-state index in [0.717, 1.165) is 0 Å². The fraction of sp³-hybridized carbons (Fsp3) is 0.286. The summed E-state index contributed by atoms with van der Waals surface area (Å²) < 4.78 is 68.7. The lowest BCUT2D eigenvalue weighted by atomic mass is 10.1. The Bertz CT molecular complexity index is 564. The first-order chi connectivity index (χ1) is 10.2. The van der Waals surface area contributed by atoms with Crippen LogP contribution in [0.15, 0.2) is 41.0 Å². The smallest absolute Gasteiger partial charge is 0.459 e. The molecule has 0 radical (unpaired) electrons. The molecule has 0 aliphatic carbocycles. The molecule has 1 aromatic rings. The Labute approximate surface area is 123 Å². The first-order valence-corrected chi connectivity index (χ1v) is 6.11. The van der Waals surface area contributed by atoms with Crippen LogP contribution in [0.2, 0.25) is 0 Å². The van der Waals surface area contributed by atoms with E-state index in [0.29, 0.717) is 6.08 Å². The zero-order chi connectivity index (χ0) is 16.8. The zero-order valence-electron chi connectivity index (χ0n) is 11.4. The van der Waals surface area contributed by atoms with E-state index in [-0.39, 0.29) is 18.4 Å². The fourth-order valence-electron chi connectivity index (χ4n) is 1.36. The molecule has 1 rings (SSSR count). The third-order valence-electron chi connectivity index (χ3n) is 2.38. The highest BCUT2D eigenvalue weighted by Gasteiger charge is 2.60. The third-order valence-corrected chi connectivity index (χ3v) is 2.38. The van der Waals surface area contributed by atoms with E-state index in [1.165, 1.54) is 31.2 Å². The van der Waals surface area contributed by atoms with Gasteiger partial charge in [0, 0.05) is 0 Å². The molecule has 0 saturated carbocycles. The van der Waals surface area contributed by atoms with Gasteiger partial charge in [-0.15, -0.1) is 0 Å². The molecule has 3 nitrogen and oxygen atoms in total. The molecule has 8 heteroatoms. The van der Waals surface area contributed by atoms with Crippen molar-refractivity contribution in [3.05, 3.63) is 41.6 Å². The van der Waals surface area contributed by atoms with Crippen LogP contribution in [-0.2, 0) is 9.53 Å². The van der Waals surface area contributed by atoms with Crippen LogP contribution in [-0.4, -0.2) is 30.9 Å². The maximum absolute atomic E-state index is 13.5. The molecule has 0 aliphatic heterocycles. The Morgan fingerprint density at radius 1 is 1.18 bits per heavy atom. The Morgan fingerprint density at radius 3 is 2.27 bits per heavy atom. The van der Waals surface area contributed by atoms with Crippen LogP contribution in [0.3, 0.4) is 0 Å². The maximum Gasteiger partial charge on any atom is 0.459 e. The van der Waals surface area contributed by atoms with E-state index in [2.05, 4.69) is 9.73 Å². The van der Waals surface area contributed by atoms with Crippen molar-refractivity contribution in [3.8, 4) is 0 Å². The average Bonchev–Trinajstić information content (AvgIpc) is 2.43. The van der Waals surface area contributed by atoms with Crippen molar-refractivity contribution >= 4 is 18.3 Å². The summed E-state index contributed by atoms with van der Waals surface area (Å²) in [5, 5.41) is 0. The van der Waals surface area contributed by atoms with Crippen LogP contribution >= 0.6 is 0 Å². The number of rotatable bonds is 5. The van der Waals surface area contributed by atoms with Crippen molar-refractivity contribution in [2.24, 2.45) is 4.99 Å². The molecule has 0 aromatic heterocycles. The van der Waals surface area contributed by atoms with Crippen LogP contribution in [0.25, 0.3) is 6.08 Å². The summed E-state index contributed by atoms with van der Waals surface area (Å²) in [6.45, 7) is 1.40. The van der Waals surface area contributed by atoms with Crippen LogP contribution in [0.4, 0.5) is 22.0 Å². The van der Waals surface area contributed by atoms with Crippen molar-refractivity contribution in [3.63, 3.8) is 0 Å². The molecule has 0 atom stereocenters. The molecule has 0 bridgehead atoms. The minimum Gasteiger partial charge on any atom is -0.462 e. The molecule has 0 saturated heterocycles. The number of nitrogens with zero attached hydrogens (tertiary/aromatic N) is 1. The van der Waals surface area contributed by atoms with Gasteiger partial charge in [-0.3, -0.25) is 0 Å². The number of ether oxygens (including phenoxy) is 1. The summed E-state index contributed by atoms with van der Waals surface area (Å²) >= 11 is 0. The highest BCUT2D eigenvalue weighted by Crippen LogP contribution is 2.42. The molecule has 0 unspecified atom stereocenters. The number of halogens is 5. The highest BCUT2D eigenvalue weighted by atomic mass is 19.4. The molecule has 120 valence electrons. The summed E-state index contributed by atoms with van der Waals surface area (Å²) in [6, 6.07) is 7.15. The van der Waals surface area contributed by atoms with Crippen LogP contribution in [0.5, 0.6) is 0 Å².